The van der Waals surface area contributed by atoms with Crippen molar-refractivity contribution in [2.24, 2.45) is 0 Å². The fourth-order valence-corrected chi connectivity index (χ4v) is 8.91. The van der Waals surface area contributed by atoms with Gasteiger partial charge in [-0.15, -0.1) is 0 Å². The quantitative estimate of drug-likeness (QED) is 0.0362. The van der Waals surface area contributed by atoms with Gasteiger partial charge in [-0.3, -0.25) is 19.3 Å². The van der Waals surface area contributed by atoms with Crippen molar-refractivity contribution in [3.05, 3.63) is 0 Å². The van der Waals surface area contributed by atoms with Crippen LogP contribution >= 0.6 is 12.6 Å². The molecule has 0 fully saturated rings. The summed E-state index contributed by atoms with van der Waals surface area (Å²) in [7, 11) is 0. The van der Waals surface area contributed by atoms with Gasteiger partial charge in [0.1, 0.15) is 0 Å². The Morgan fingerprint density at radius 3 is 0.776 bits per heavy atom. The molecule has 0 aliphatic rings. The van der Waals surface area contributed by atoms with Gasteiger partial charge in [0, 0.05) is 25.0 Å². The van der Waals surface area contributed by atoms with E-state index in [1.807, 2.05) is 0 Å². The first-order valence-corrected chi connectivity index (χ1v) is 26.2. The van der Waals surface area contributed by atoms with Crippen LogP contribution in [0.2, 0.25) is 0 Å². The number of carbonyl (C=O) groups is 4. The van der Waals surface area contributed by atoms with E-state index in [1.54, 1.807) is 0 Å². The molecule has 0 aromatic heterocycles. The molecule has 2 amide bonds. The number of Topliss-reactive ketones (excluding diaryl/α,β-unsaturated/α-hetero) is 1. The summed E-state index contributed by atoms with van der Waals surface area (Å²) in [5, 5.41) is 10.6. The molecule has 1 N–H and O–H groups in total. The number of ketones is 1. The number of imide groups is 1. The Bertz CT molecular complexity index is 931. The minimum atomic E-state index is -2.25. The molecule has 0 saturated carbocycles. The van der Waals surface area contributed by atoms with Crippen LogP contribution in [-0.4, -0.2) is 44.9 Å². The van der Waals surface area contributed by atoms with E-state index >= 15 is 0 Å². The number of thiol groups is 1. The Hall–Kier alpha value is -1.37. The number of carboxylic acid groups (broad SMARTS) is 1. The maximum atomic E-state index is 13.9. The molecular formula is C51H97NO5S. The van der Waals surface area contributed by atoms with Gasteiger partial charge in [0.15, 0.2) is 5.78 Å². The zero-order valence-corrected chi connectivity index (χ0v) is 39.8. The number of aliphatic carboxylic acids is 1. The molecule has 1 atom stereocenters. The summed E-state index contributed by atoms with van der Waals surface area (Å²) in [6.45, 7) is 6.75. The van der Waals surface area contributed by atoms with Gasteiger partial charge in [-0.05, 0) is 19.3 Å². The first-order valence-electron chi connectivity index (χ1n) is 25.6. The van der Waals surface area contributed by atoms with Crippen LogP contribution in [0.1, 0.15) is 290 Å². The predicted molar refractivity (Wildman–Crippen MR) is 252 cm³/mol. The Morgan fingerprint density at radius 1 is 0.362 bits per heavy atom. The van der Waals surface area contributed by atoms with Crippen LogP contribution in [0, 0.1) is 0 Å². The van der Waals surface area contributed by atoms with Gasteiger partial charge in [0.2, 0.25) is 17.4 Å². The Morgan fingerprint density at radius 2 is 0.569 bits per heavy atom. The molecule has 0 aliphatic carbocycles. The van der Waals surface area contributed by atoms with E-state index in [-0.39, 0.29) is 19.3 Å². The number of nitrogens with zero attached hydrogens (tertiary/aromatic N) is 1. The third-order valence-corrected chi connectivity index (χ3v) is 12.9. The highest BCUT2D eigenvalue weighted by molar-refractivity contribution is 7.80. The lowest BCUT2D eigenvalue weighted by Crippen LogP contribution is -2.65. The average Bonchev–Trinajstić information content (AvgIpc) is 3.21. The molecule has 0 aromatic rings. The Kier molecular flexibility index (Phi) is 41.3. The number of carboxylic acids is 1. The summed E-state index contributed by atoms with van der Waals surface area (Å²) in [6.07, 6.45) is 46.0. The average molecular weight is 836 g/mol. The Labute approximate surface area is 365 Å². The minimum Gasteiger partial charge on any atom is -0.479 e. The number of carbonyl (C=O) groups excluding carboxylic acids is 3. The van der Waals surface area contributed by atoms with Crippen molar-refractivity contribution in [3.8, 4) is 0 Å². The van der Waals surface area contributed by atoms with Gasteiger partial charge < -0.3 is 5.11 Å². The molecule has 0 aliphatic heterocycles. The van der Waals surface area contributed by atoms with E-state index in [0.29, 0.717) is 19.3 Å². The van der Waals surface area contributed by atoms with Crippen LogP contribution in [0.15, 0.2) is 0 Å². The second kappa shape index (κ2) is 42.3. The maximum absolute atomic E-state index is 13.9. The number of hydrogen-bond acceptors (Lipinski definition) is 5. The molecule has 0 saturated heterocycles. The third kappa shape index (κ3) is 29.8. The number of rotatable bonds is 46. The van der Waals surface area contributed by atoms with Crippen molar-refractivity contribution in [3.63, 3.8) is 0 Å². The van der Waals surface area contributed by atoms with Gasteiger partial charge in [0.25, 0.3) is 0 Å². The van der Waals surface area contributed by atoms with Crippen molar-refractivity contribution >= 4 is 36.2 Å². The normalized spacial score (nSPS) is 12.5. The maximum Gasteiger partial charge on any atom is 0.338 e. The molecule has 6 nitrogen and oxygen atoms in total. The summed E-state index contributed by atoms with van der Waals surface area (Å²) in [5.41, 5.74) is -2.25. The third-order valence-electron chi connectivity index (χ3n) is 12.4. The van der Waals surface area contributed by atoms with Crippen molar-refractivity contribution in [2.75, 3.05) is 5.75 Å². The lowest BCUT2D eigenvalue weighted by atomic mass is 9.88. The molecule has 0 radical (unpaired) electrons. The van der Waals surface area contributed by atoms with Crippen molar-refractivity contribution in [1.82, 2.24) is 4.90 Å². The molecule has 0 bridgehead atoms. The molecule has 342 valence electrons. The smallest absolute Gasteiger partial charge is 0.338 e. The number of amides is 2. The lowest BCUT2D eigenvalue weighted by molar-refractivity contribution is -0.169. The minimum absolute atomic E-state index is 0.0408. The standard InChI is InChI=1S/C51H97NO5S/c1-4-7-10-13-16-19-22-25-28-31-34-37-40-43-47(53)51(46-58,50(56)57)52(48(54)44-41-38-35-32-29-26-23-20-17-14-11-8-5-2)49(55)45-42-39-36-33-30-27-24-21-18-15-12-9-6-3/h58H,4-46H2,1-3H3,(H,56,57)/t51-/m1/s1. The van der Waals surface area contributed by atoms with Crippen LogP contribution in [0.3, 0.4) is 0 Å². The second-order valence-corrected chi connectivity index (χ2v) is 18.2. The highest BCUT2D eigenvalue weighted by Crippen LogP contribution is 2.27. The Balaban J connectivity index is 5.05. The van der Waals surface area contributed by atoms with Crippen LogP contribution < -0.4 is 0 Å². The summed E-state index contributed by atoms with van der Waals surface area (Å²) in [5.74, 6) is -3.44. The van der Waals surface area contributed by atoms with Gasteiger partial charge in [-0.1, -0.05) is 252 Å². The van der Waals surface area contributed by atoms with E-state index in [4.69, 9.17) is 0 Å². The molecular weight excluding hydrogens is 739 g/mol. The topological polar surface area (TPSA) is 91.8 Å². The molecule has 0 spiro atoms. The fourth-order valence-electron chi connectivity index (χ4n) is 8.45. The first-order chi connectivity index (χ1) is 28.3. The molecule has 7 heteroatoms. The molecule has 0 rings (SSSR count). The molecule has 0 heterocycles. The van der Waals surface area contributed by atoms with Crippen LogP contribution in [-0.2, 0) is 19.2 Å². The van der Waals surface area contributed by atoms with Gasteiger partial charge in [-0.25, -0.2) is 4.79 Å². The van der Waals surface area contributed by atoms with Crippen LogP contribution in [0.25, 0.3) is 0 Å². The van der Waals surface area contributed by atoms with E-state index in [0.717, 1.165) is 62.7 Å². The van der Waals surface area contributed by atoms with Crippen molar-refractivity contribution in [1.29, 1.82) is 0 Å². The SMILES string of the molecule is CCCCCCCCCCCCCCCC(=O)N(C(=O)CCCCCCCCCCCCCCC)[C@@](CS)(C(=O)O)C(=O)CCCCCCCCCCCCCCC. The largest absolute Gasteiger partial charge is 0.479 e. The summed E-state index contributed by atoms with van der Waals surface area (Å²) >= 11 is 4.39. The summed E-state index contributed by atoms with van der Waals surface area (Å²) < 4.78 is 0. The van der Waals surface area contributed by atoms with E-state index in [2.05, 4.69) is 33.4 Å². The van der Waals surface area contributed by atoms with Gasteiger partial charge >= 0.3 is 5.97 Å². The van der Waals surface area contributed by atoms with Gasteiger partial charge in [0.05, 0.1) is 0 Å². The van der Waals surface area contributed by atoms with E-state index in [1.165, 1.54) is 173 Å². The second-order valence-electron chi connectivity index (χ2n) is 17.8. The predicted octanol–water partition coefficient (Wildman–Crippen LogP) is 16.1. The highest BCUT2D eigenvalue weighted by atomic mass is 32.1. The van der Waals surface area contributed by atoms with Crippen LogP contribution in [0.4, 0.5) is 0 Å². The van der Waals surface area contributed by atoms with E-state index < -0.39 is 34.9 Å². The zero-order chi connectivity index (χ0) is 42.8. The summed E-state index contributed by atoms with van der Waals surface area (Å²) in [4.78, 5) is 55.6. The van der Waals surface area contributed by atoms with Gasteiger partial charge in [-0.2, -0.15) is 12.6 Å². The van der Waals surface area contributed by atoms with Crippen molar-refractivity contribution < 1.29 is 24.3 Å². The zero-order valence-electron chi connectivity index (χ0n) is 38.9. The number of unbranched alkanes of at least 4 members (excludes halogenated alkanes) is 36. The van der Waals surface area contributed by atoms with Crippen molar-refractivity contribution in [2.45, 2.75) is 296 Å². The monoisotopic (exact) mass is 836 g/mol. The number of hydrogen-bond donors (Lipinski definition) is 2. The van der Waals surface area contributed by atoms with E-state index in [9.17, 15) is 24.3 Å². The highest BCUT2D eigenvalue weighted by Gasteiger charge is 2.53. The molecule has 0 aromatic carbocycles. The summed E-state index contributed by atoms with van der Waals surface area (Å²) in [6, 6.07) is 0. The van der Waals surface area contributed by atoms with Crippen LogP contribution in [0.5, 0.6) is 0 Å². The molecule has 0 unspecified atom stereocenters. The molecule has 58 heavy (non-hydrogen) atoms. The lowest BCUT2D eigenvalue weighted by Gasteiger charge is -2.37. The first kappa shape index (κ1) is 56.6. The fraction of sp³-hybridized carbons (Fsp3) is 0.922.